The van der Waals surface area contributed by atoms with Gasteiger partial charge in [0, 0.05) is 37.0 Å². The molecule has 0 radical (unpaired) electrons. The summed E-state index contributed by atoms with van der Waals surface area (Å²) in [5, 5.41) is 14.5. The van der Waals surface area contributed by atoms with Crippen molar-refractivity contribution in [3.63, 3.8) is 0 Å². The minimum atomic E-state index is -2.90. The Morgan fingerprint density at radius 1 is 1.18 bits per heavy atom. The summed E-state index contributed by atoms with van der Waals surface area (Å²) in [4.78, 5) is 2.27. The Hall–Kier alpha value is -2.77. The van der Waals surface area contributed by atoms with Gasteiger partial charge >= 0.3 is 6.61 Å². The Labute approximate surface area is 200 Å². The van der Waals surface area contributed by atoms with Crippen molar-refractivity contribution in [1.29, 1.82) is 0 Å². The molecule has 2 aromatic carbocycles. The molecule has 1 fully saturated rings. The first-order chi connectivity index (χ1) is 16.3. The lowest BCUT2D eigenvalue weighted by Gasteiger charge is -2.40. The van der Waals surface area contributed by atoms with E-state index in [1.165, 1.54) is 0 Å². The number of alkyl halides is 2. The molecule has 3 aromatic rings. The first-order valence-corrected chi connectivity index (χ1v) is 11.8. The molecule has 1 saturated heterocycles. The van der Waals surface area contributed by atoms with E-state index in [1.807, 2.05) is 55.6 Å². The van der Waals surface area contributed by atoms with Gasteiger partial charge < -0.3 is 9.84 Å². The summed E-state index contributed by atoms with van der Waals surface area (Å²) in [7, 11) is 0. The maximum absolute atomic E-state index is 13.3. The minimum Gasteiger partial charge on any atom is -0.434 e. The zero-order valence-corrected chi connectivity index (χ0v) is 20.0. The number of rotatable bonds is 8. The van der Waals surface area contributed by atoms with Crippen molar-refractivity contribution in [3.05, 3.63) is 65.9 Å². The summed E-state index contributed by atoms with van der Waals surface area (Å²) in [6, 6.07) is 15.2. The number of likely N-dealkylation sites (tertiary alicyclic amines) is 1. The van der Waals surface area contributed by atoms with Crippen LogP contribution in [0.15, 0.2) is 54.7 Å². The Kier molecular flexibility index (Phi) is 7.33. The van der Waals surface area contributed by atoms with Crippen LogP contribution < -0.4 is 4.74 Å². The molecular formula is C27H33F2N3O2. The first-order valence-electron chi connectivity index (χ1n) is 11.8. The number of para-hydroxylation sites is 1. The predicted molar refractivity (Wildman–Crippen MR) is 129 cm³/mol. The van der Waals surface area contributed by atoms with Crippen molar-refractivity contribution in [3.8, 4) is 22.7 Å². The van der Waals surface area contributed by atoms with Gasteiger partial charge in [0.05, 0.1) is 11.4 Å². The molecular weight excluding hydrogens is 436 g/mol. The van der Waals surface area contributed by atoms with Crippen molar-refractivity contribution in [2.75, 3.05) is 19.7 Å². The molecule has 0 spiro atoms. The summed E-state index contributed by atoms with van der Waals surface area (Å²) >= 11 is 0. The van der Waals surface area contributed by atoms with Gasteiger partial charge in [-0.2, -0.15) is 13.9 Å². The second-order valence-electron chi connectivity index (χ2n) is 9.86. The highest BCUT2D eigenvalue weighted by Gasteiger charge is 2.33. The molecule has 0 unspecified atom stereocenters. The normalized spacial score (nSPS) is 17.3. The fraction of sp³-hybridized carbons (Fsp3) is 0.444. The zero-order valence-electron chi connectivity index (χ0n) is 20.0. The van der Waals surface area contributed by atoms with Gasteiger partial charge in [-0.15, -0.1) is 0 Å². The molecule has 0 bridgehead atoms. The Morgan fingerprint density at radius 2 is 1.94 bits per heavy atom. The third-order valence-electron chi connectivity index (χ3n) is 6.89. The third-order valence-corrected chi connectivity index (χ3v) is 6.89. The van der Waals surface area contributed by atoms with Crippen LogP contribution >= 0.6 is 0 Å². The minimum absolute atomic E-state index is 0.134. The molecule has 0 aliphatic carbocycles. The molecule has 1 aliphatic rings. The van der Waals surface area contributed by atoms with Crippen LogP contribution in [-0.2, 0) is 6.54 Å². The Balaban J connectivity index is 1.59. The summed E-state index contributed by atoms with van der Waals surface area (Å²) in [6.07, 6.45) is 4.02. The number of nitrogens with zero attached hydrogens (tertiary/aromatic N) is 3. The fourth-order valence-corrected chi connectivity index (χ4v) is 4.70. The molecule has 1 aliphatic heterocycles. The van der Waals surface area contributed by atoms with E-state index in [0.717, 1.165) is 54.0 Å². The largest absolute Gasteiger partial charge is 0.434 e. The van der Waals surface area contributed by atoms with Gasteiger partial charge in [-0.25, -0.2) is 4.68 Å². The lowest BCUT2D eigenvalue weighted by atomic mass is 9.75. The van der Waals surface area contributed by atoms with Crippen molar-refractivity contribution >= 4 is 0 Å². The SMILES string of the molecule is Cc1cn(-c2ccccc2)nc1-c1ccc(CN2CCC[C@H](C(C)(C)CO)C2)c(OC(F)F)c1. The first kappa shape index (κ1) is 24.4. The number of ether oxygens (including phenoxy) is 1. The van der Waals surface area contributed by atoms with E-state index in [0.29, 0.717) is 12.5 Å². The van der Waals surface area contributed by atoms with E-state index in [2.05, 4.69) is 18.7 Å². The van der Waals surface area contributed by atoms with Crippen molar-refractivity contribution in [2.24, 2.45) is 11.3 Å². The van der Waals surface area contributed by atoms with Gasteiger partial charge in [0.2, 0.25) is 0 Å². The molecule has 4 rings (SSSR count). The molecule has 0 saturated carbocycles. The molecule has 182 valence electrons. The van der Waals surface area contributed by atoms with Crippen LogP contribution in [0.1, 0.15) is 37.8 Å². The molecule has 5 nitrogen and oxygen atoms in total. The van der Waals surface area contributed by atoms with Crippen LogP contribution in [0.25, 0.3) is 16.9 Å². The standard InChI is InChI=1S/C27H33F2N3O2/c1-19-15-32(23-9-5-4-6-10-23)30-25(19)20-11-12-21(24(14-20)34-26(28)29)16-31-13-7-8-22(17-31)27(2,3)18-33/h4-6,9-12,14-15,22,26,33H,7-8,13,16-18H2,1-3H3/t22-/m0/s1. The number of aromatic nitrogens is 2. The molecule has 0 amide bonds. The summed E-state index contributed by atoms with van der Waals surface area (Å²) in [6.45, 7) is 5.60. The average Bonchev–Trinajstić information content (AvgIpc) is 3.22. The number of hydrogen-bond acceptors (Lipinski definition) is 4. The van der Waals surface area contributed by atoms with Gasteiger partial charge in [-0.05, 0) is 61.4 Å². The molecule has 1 atom stereocenters. The van der Waals surface area contributed by atoms with Crippen LogP contribution in [0.4, 0.5) is 8.78 Å². The van der Waals surface area contributed by atoms with Crippen LogP contribution in [0, 0.1) is 18.3 Å². The fourth-order valence-electron chi connectivity index (χ4n) is 4.70. The maximum Gasteiger partial charge on any atom is 0.387 e. The summed E-state index contributed by atoms with van der Waals surface area (Å²) < 4.78 is 33.4. The van der Waals surface area contributed by atoms with Gasteiger partial charge in [-0.1, -0.05) is 44.2 Å². The Bertz CT molecular complexity index is 1100. The highest BCUT2D eigenvalue weighted by molar-refractivity contribution is 5.66. The number of benzene rings is 2. The number of aliphatic hydroxyl groups is 1. The maximum atomic E-state index is 13.3. The van der Waals surface area contributed by atoms with E-state index in [1.54, 1.807) is 10.7 Å². The van der Waals surface area contributed by atoms with Gasteiger partial charge in [0.25, 0.3) is 0 Å². The van der Waals surface area contributed by atoms with Gasteiger partial charge in [0.15, 0.2) is 0 Å². The number of halogens is 2. The van der Waals surface area contributed by atoms with Crippen LogP contribution in [-0.4, -0.2) is 46.1 Å². The molecule has 1 aromatic heterocycles. The van der Waals surface area contributed by atoms with Crippen molar-refractivity contribution in [1.82, 2.24) is 14.7 Å². The highest BCUT2D eigenvalue weighted by atomic mass is 19.3. The molecule has 1 N–H and O–H groups in total. The number of hydrogen-bond donors (Lipinski definition) is 1. The summed E-state index contributed by atoms with van der Waals surface area (Å²) in [5.41, 5.74) is 3.92. The van der Waals surface area contributed by atoms with E-state index < -0.39 is 6.61 Å². The van der Waals surface area contributed by atoms with Crippen LogP contribution in [0.2, 0.25) is 0 Å². The highest BCUT2D eigenvalue weighted by Crippen LogP contribution is 2.36. The predicted octanol–water partition coefficient (Wildman–Crippen LogP) is 5.68. The number of aryl methyl sites for hydroxylation is 1. The zero-order chi connectivity index (χ0) is 24.3. The summed E-state index contributed by atoms with van der Waals surface area (Å²) in [5.74, 6) is 0.541. The van der Waals surface area contributed by atoms with E-state index in [-0.39, 0.29) is 17.8 Å². The quantitative estimate of drug-likeness (QED) is 0.461. The second-order valence-corrected chi connectivity index (χ2v) is 9.86. The molecule has 2 heterocycles. The Morgan fingerprint density at radius 3 is 2.65 bits per heavy atom. The lowest BCUT2D eigenvalue weighted by Crippen LogP contribution is -2.42. The molecule has 34 heavy (non-hydrogen) atoms. The second kappa shape index (κ2) is 10.2. The number of aliphatic hydroxyl groups excluding tert-OH is 1. The van der Waals surface area contributed by atoms with Crippen molar-refractivity contribution < 1.29 is 18.6 Å². The van der Waals surface area contributed by atoms with E-state index in [4.69, 9.17) is 9.84 Å². The van der Waals surface area contributed by atoms with E-state index >= 15 is 0 Å². The van der Waals surface area contributed by atoms with Gasteiger partial charge in [-0.3, -0.25) is 4.90 Å². The monoisotopic (exact) mass is 469 g/mol. The van der Waals surface area contributed by atoms with Crippen LogP contribution in [0.3, 0.4) is 0 Å². The van der Waals surface area contributed by atoms with E-state index in [9.17, 15) is 13.9 Å². The van der Waals surface area contributed by atoms with Crippen molar-refractivity contribution in [2.45, 2.75) is 46.8 Å². The lowest BCUT2D eigenvalue weighted by molar-refractivity contribution is -0.0509. The third kappa shape index (κ3) is 5.47. The number of piperidine rings is 1. The molecule has 7 heteroatoms. The van der Waals surface area contributed by atoms with Crippen LogP contribution in [0.5, 0.6) is 5.75 Å². The van der Waals surface area contributed by atoms with Gasteiger partial charge in [0.1, 0.15) is 5.75 Å². The smallest absolute Gasteiger partial charge is 0.387 e. The topological polar surface area (TPSA) is 50.5 Å². The average molecular weight is 470 g/mol.